The molecule has 0 spiro atoms. The Morgan fingerprint density at radius 1 is 1.31 bits per heavy atom. The fourth-order valence-corrected chi connectivity index (χ4v) is 1.95. The Labute approximate surface area is 152 Å². The highest BCUT2D eigenvalue weighted by Gasteiger charge is 2.21. The van der Waals surface area contributed by atoms with Gasteiger partial charge in [-0.15, -0.1) is 0 Å². The Bertz CT molecular complexity index is 726. The molecule has 0 fully saturated rings. The molecule has 0 unspecified atom stereocenters. The number of aldehydes is 1. The van der Waals surface area contributed by atoms with Crippen molar-refractivity contribution in [2.45, 2.75) is 12.8 Å². The molecule has 8 heteroatoms. The molecule has 8 nitrogen and oxygen atoms in total. The third-order valence-corrected chi connectivity index (χ3v) is 3.10. The summed E-state index contributed by atoms with van der Waals surface area (Å²) in [6.07, 6.45) is 1.94. The highest BCUT2D eigenvalue weighted by atomic mass is 16.5. The Balaban J connectivity index is 2.94. The number of nitrogens with two attached hydrogens (primary N) is 1. The first-order valence-electron chi connectivity index (χ1n) is 7.66. The number of amides is 1. The van der Waals surface area contributed by atoms with E-state index in [2.05, 4.69) is 34.3 Å². The van der Waals surface area contributed by atoms with Crippen molar-refractivity contribution in [3.05, 3.63) is 72.4 Å². The fraction of sp³-hybridized carbons (Fsp3) is 0.167. The van der Waals surface area contributed by atoms with Crippen molar-refractivity contribution in [2.24, 2.45) is 10.7 Å². The van der Waals surface area contributed by atoms with Gasteiger partial charge in [0.05, 0.1) is 7.11 Å². The average molecular weight is 357 g/mol. The van der Waals surface area contributed by atoms with Gasteiger partial charge in [0.2, 0.25) is 17.7 Å². The lowest BCUT2D eigenvalue weighted by Gasteiger charge is -2.17. The molecule has 1 aromatic carbocycles. The highest BCUT2D eigenvalue weighted by Crippen LogP contribution is 2.14. The Morgan fingerprint density at radius 3 is 2.46 bits per heavy atom. The summed E-state index contributed by atoms with van der Waals surface area (Å²) in [4.78, 5) is 27.7. The molecule has 1 amide bonds. The molecule has 5 N–H and O–H groups in total. The van der Waals surface area contributed by atoms with E-state index in [9.17, 15) is 9.59 Å². The zero-order chi connectivity index (χ0) is 19.5. The van der Waals surface area contributed by atoms with Crippen molar-refractivity contribution in [3.8, 4) is 0 Å². The van der Waals surface area contributed by atoms with Crippen LogP contribution in [0.25, 0.3) is 0 Å². The molecular formula is C18H23N5O3. The molecule has 1 rings (SSSR count). The van der Waals surface area contributed by atoms with Crippen LogP contribution in [0, 0.1) is 0 Å². The number of nitrogens with one attached hydrogen (secondary N) is 3. The quantitative estimate of drug-likeness (QED) is 0.0997. The van der Waals surface area contributed by atoms with E-state index in [1.165, 1.54) is 13.2 Å². The molecule has 0 radical (unpaired) electrons. The number of methoxy groups -OCH3 is 1. The van der Waals surface area contributed by atoms with Crippen LogP contribution in [0.4, 0.5) is 0 Å². The predicted octanol–water partition coefficient (Wildman–Crippen LogP) is 1.03. The average Bonchev–Trinajstić information content (AvgIpc) is 2.62. The minimum Gasteiger partial charge on any atom is -0.480 e. The summed E-state index contributed by atoms with van der Waals surface area (Å²) < 4.78 is 5.18. The van der Waals surface area contributed by atoms with E-state index in [-0.39, 0.29) is 17.5 Å². The van der Waals surface area contributed by atoms with E-state index in [0.29, 0.717) is 17.5 Å². The number of carbonyl (C=O) groups excluding carboxylic acids is 2. The second-order valence-electron chi connectivity index (χ2n) is 5.15. The number of carbonyl (C=O) groups is 2. The van der Waals surface area contributed by atoms with E-state index in [4.69, 9.17) is 10.5 Å². The second-order valence-corrected chi connectivity index (χ2v) is 5.15. The first-order valence-corrected chi connectivity index (χ1v) is 7.66. The van der Waals surface area contributed by atoms with Gasteiger partial charge in [-0.05, 0) is 18.6 Å². The van der Waals surface area contributed by atoms with E-state index in [1.807, 2.05) is 0 Å². The Kier molecular flexibility index (Phi) is 8.15. The smallest absolute Gasteiger partial charge is 0.239 e. The van der Waals surface area contributed by atoms with Crippen LogP contribution in [0.2, 0.25) is 0 Å². The van der Waals surface area contributed by atoms with Gasteiger partial charge in [-0.3, -0.25) is 15.6 Å². The monoisotopic (exact) mass is 357 g/mol. The molecule has 1 atom stereocenters. The molecular weight excluding hydrogens is 334 g/mol. The van der Waals surface area contributed by atoms with Crippen LogP contribution < -0.4 is 21.9 Å². The van der Waals surface area contributed by atoms with Gasteiger partial charge in [0, 0.05) is 5.70 Å². The van der Waals surface area contributed by atoms with Crippen LogP contribution in [-0.2, 0) is 14.3 Å². The SMILES string of the molecule is C=C/C(NC(=O)[C@@H](C=O)c1ccccc1)=C(\NNC(N)=NC(=C)C)OC. The molecule has 0 saturated carbocycles. The summed E-state index contributed by atoms with van der Waals surface area (Å²) in [6.45, 7) is 8.92. The number of rotatable bonds is 9. The predicted molar refractivity (Wildman–Crippen MR) is 100 cm³/mol. The third kappa shape index (κ3) is 6.16. The van der Waals surface area contributed by atoms with Gasteiger partial charge in [0.1, 0.15) is 17.9 Å². The number of hydrazine groups is 1. The van der Waals surface area contributed by atoms with Crippen molar-refractivity contribution in [3.63, 3.8) is 0 Å². The molecule has 0 aromatic heterocycles. The maximum atomic E-state index is 12.5. The molecule has 1 aromatic rings. The summed E-state index contributed by atoms with van der Waals surface area (Å²) in [7, 11) is 1.39. The largest absolute Gasteiger partial charge is 0.480 e. The number of aliphatic imine (C=N–C) groups is 1. The van der Waals surface area contributed by atoms with E-state index in [0.717, 1.165) is 0 Å². The van der Waals surface area contributed by atoms with Crippen LogP contribution >= 0.6 is 0 Å². The first-order chi connectivity index (χ1) is 12.4. The van der Waals surface area contributed by atoms with Crippen molar-refractivity contribution in [1.29, 1.82) is 0 Å². The molecule has 0 aliphatic rings. The van der Waals surface area contributed by atoms with Crippen molar-refractivity contribution in [2.75, 3.05) is 7.11 Å². The highest BCUT2D eigenvalue weighted by molar-refractivity contribution is 5.98. The van der Waals surface area contributed by atoms with Gasteiger partial charge in [0.25, 0.3) is 0 Å². The number of allylic oxidation sites excluding steroid dienone is 2. The van der Waals surface area contributed by atoms with Crippen LogP contribution in [0.5, 0.6) is 0 Å². The molecule has 0 bridgehead atoms. The molecule has 138 valence electrons. The minimum absolute atomic E-state index is 0.0526. The van der Waals surface area contributed by atoms with Crippen molar-refractivity contribution < 1.29 is 14.3 Å². The van der Waals surface area contributed by atoms with Crippen LogP contribution in [0.1, 0.15) is 18.4 Å². The van der Waals surface area contributed by atoms with Crippen LogP contribution in [-0.4, -0.2) is 25.3 Å². The zero-order valence-electron chi connectivity index (χ0n) is 14.8. The van der Waals surface area contributed by atoms with Gasteiger partial charge < -0.3 is 20.6 Å². The Morgan fingerprint density at radius 2 is 1.96 bits per heavy atom. The summed E-state index contributed by atoms with van der Waals surface area (Å²) in [5, 5.41) is 2.60. The molecule has 0 heterocycles. The summed E-state index contributed by atoms with van der Waals surface area (Å²) >= 11 is 0. The maximum Gasteiger partial charge on any atom is 0.239 e. The minimum atomic E-state index is -0.965. The van der Waals surface area contributed by atoms with Gasteiger partial charge in [0.15, 0.2) is 0 Å². The van der Waals surface area contributed by atoms with E-state index >= 15 is 0 Å². The summed E-state index contributed by atoms with van der Waals surface area (Å²) in [5.41, 5.74) is 12.2. The first kappa shape index (κ1) is 20.5. The summed E-state index contributed by atoms with van der Waals surface area (Å²) in [6, 6.07) is 8.69. The molecule has 0 aliphatic carbocycles. The van der Waals surface area contributed by atoms with Gasteiger partial charge in [-0.25, -0.2) is 4.99 Å². The maximum absolute atomic E-state index is 12.5. The van der Waals surface area contributed by atoms with Gasteiger partial charge in [-0.2, -0.15) is 0 Å². The third-order valence-electron chi connectivity index (χ3n) is 3.10. The van der Waals surface area contributed by atoms with Crippen molar-refractivity contribution >= 4 is 18.2 Å². The number of ether oxygens (including phenoxy) is 1. The van der Waals surface area contributed by atoms with E-state index in [1.54, 1.807) is 37.3 Å². The lowest BCUT2D eigenvalue weighted by molar-refractivity contribution is -0.125. The zero-order valence-corrected chi connectivity index (χ0v) is 14.8. The second kappa shape index (κ2) is 10.3. The number of hydrogen-bond acceptors (Lipinski definition) is 5. The van der Waals surface area contributed by atoms with Crippen molar-refractivity contribution in [1.82, 2.24) is 16.2 Å². The van der Waals surface area contributed by atoms with Crippen LogP contribution in [0.3, 0.4) is 0 Å². The van der Waals surface area contributed by atoms with Gasteiger partial charge >= 0.3 is 0 Å². The fourth-order valence-electron chi connectivity index (χ4n) is 1.95. The lowest BCUT2D eigenvalue weighted by atomic mass is 10.00. The number of benzene rings is 1. The standard InChI is InChI=1S/C18H23N5O3/c1-5-15(17(26-4)22-23-18(19)20-12(2)3)21-16(25)14(11-24)13-9-7-6-8-10-13/h5-11,14,22H,1-2H2,3-4H3,(H,21,25)(H3,19,20,23)/b17-15-/t14-/m0/s1. The van der Waals surface area contributed by atoms with Crippen LogP contribution in [0.15, 0.2) is 71.8 Å². The number of nitrogens with zero attached hydrogens (tertiary/aromatic N) is 1. The normalized spacial score (nSPS) is 12.9. The molecule has 26 heavy (non-hydrogen) atoms. The summed E-state index contributed by atoms with van der Waals surface area (Å²) in [5.74, 6) is -1.31. The number of hydrogen-bond donors (Lipinski definition) is 4. The van der Waals surface area contributed by atoms with E-state index < -0.39 is 11.8 Å². The molecule has 0 saturated heterocycles. The number of guanidine groups is 1. The lowest BCUT2D eigenvalue weighted by Crippen LogP contribution is -2.43. The topological polar surface area (TPSA) is 118 Å². The Hall–Kier alpha value is -3.55. The van der Waals surface area contributed by atoms with Gasteiger partial charge in [-0.1, -0.05) is 43.5 Å². The molecule has 0 aliphatic heterocycles.